The number of ether oxygens (including phenoxy) is 2. The number of piperidine rings is 1. The number of halogens is 1. The van der Waals surface area contributed by atoms with Gasteiger partial charge in [-0.2, -0.15) is 0 Å². The molecule has 1 fully saturated rings. The Labute approximate surface area is 257 Å². The molecule has 1 aliphatic rings. The van der Waals surface area contributed by atoms with Crippen LogP contribution in [0.3, 0.4) is 0 Å². The van der Waals surface area contributed by atoms with Crippen molar-refractivity contribution in [1.29, 1.82) is 0 Å². The molecule has 0 spiro atoms. The van der Waals surface area contributed by atoms with Crippen LogP contribution in [0.4, 0.5) is 4.79 Å². The molecule has 1 amide bonds. The summed E-state index contributed by atoms with van der Waals surface area (Å²) in [6, 6.07) is 21.7. The molecule has 0 aliphatic carbocycles. The zero-order chi connectivity index (χ0) is 29.4. The minimum Gasteiger partial charge on any atom is -0.444 e. The summed E-state index contributed by atoms with van der Waals surface area (Å²) in [5.74, 6) is 0. The Kier molecular flexibility index (Phi) is 11.7. The number of likely N-dealkylation sites (tertiary alicyclic amines) is 1. The van der Waals surface area contributed by atoms with Gasteiger partial charge in [-0.1, -0.05) is 104 Å². The second-order valence-corrected chi connectivity index (χ2v) is 18.2. The molecule has 1 saturated heterocycles. The van der Waals surface area contributed by atoms with Crippen LogP contribution in [-0.4, -0.2) is 60.7 Å². The summed E-state index contributed by atoms with van der Waals surface area (Å²) in [5.41, 5.74) is -0.625. The Hall–Kier alpha value is -1.42. The molecule has 0 bridgehead atoms. The summed E-state index contributed by atoms with van der Waals surface area (Å²) < 4.78 is 20.2. The normalized spacial score (nSPS) is 16.9. The second-order valence-electron chi connectivity index (χ2n) is 13.2. The van der Waals surface area contributed by atoms with Crippen molar-refractivity contribution in [2.24, 2.45) is 0 Å². The third-order valence-corrected chi connectivity index (χ3v) is 14.3. The number of carbonyl (C=O) groups excluding carboxylic acids is 1. The highest BCUT2D eigenvalue weighted by Gasteiger charge is 2.50. The highest BCUT2D eigenvalue weighted by atomic mass is 127. The molecule has 0 radical (unpaired) electrons. The molecule has 1 aliphatic heterocycles. The van der Waals surface area contributed by atoms with E-state index in [1.165, 1.54) is 10.4 Å². The van der Waals surface area contributed by atoms with E-state index in [0.29, 0.717) is 13.1 Å². The van der Waals surface area contributed by atoms with Crippen molar-refractivity contribution in [2.45, 2.75) is 103 Å². The van der Waals surface area contributed by atoms with E-state index in [0.717, 1.165) is 43.1 Å². The molecule has 2 aromatic rings. The maximum absolute atomic E-state index is 12.5. The van der Waals surface area contributed by atoms with Gasteiger partial charge in [-0.3, -0.25) is 0 Å². The standard InChI is InChI=1S/C33H50INO4Si/c1-27(39-40(32(5,6)7,28-17-10-8-11-18-28)29-19-12-9-13-20-29)16-14-15-25-37-33(26-34)21-23-35(24-22-33)30(36)38-31(2,3)4/h8-13,17-20,27H,14-16,21-26H2,1-7H3/t27-/m1/s1. The number of hydrogen-bond donors (Lipinski definition) is 0. The number of carbonyl (C=O) groups is 1. The molecule has 0 aromatic heterocycles. The van der Waals surface area contributed by atoms with Gasteiger partial charge >= 0.3 is 6.09 Å². The van der Waals surface area contributed by atoms with E-state index in [1.54, 1.807) is 0 Å². The molecule has 5 nitrogen and oxygen atoms in total. The third kappa shape index (κ3) is 8.55. The van der Waals surface area contributed by atoms with Gasteiger partial charge in [0.25, 0.3) is 8.32 Å². The van der Waals surface area contributed by atoms with Gasteiger partial charge < -0.3 is 18.8 Å². The minimum atomic E-state index is -2.53. The molecular weight excluding hydrogens is 629 g/mol. The first kappa shape index (κ1) is 33.1. The molecular formula is C33H50INO4Si. The fraction of sp³-hybridized carbons (Fsp3) is 0.606. The first-order valence-corrected chi connectivity index (χ1v) is 18.2. The van der Waals surface area contributed by atoms with Crippen molar-refractivity contribution >= 4 is 47.4 Å². The van der Waals surface area contributed by atoms with Crippen LogP contribution in [0.15, 0.2) is 60.7 Å². The maximum atomic E-state index is 12.5. The quantitative estimate of drug-likeness (QED) is 0.108. The van der Waals surface area contributed by atoms with Gasteiger partial charge in [-0.25, -0.2) is 4.79 Å². The smallest absolute Gasteiger partial charge is 0.410 e. The summed E-state index contributed by atoms with van der Waals surface area (Å²) in [5, 5.41) is 2.63. The van der Waals surface area contributed by atoms with E-state index in [9.17, 15) is 4.79 Å². The molecule has 0 N–H and O–H groups in total. The average molecular weight is 680 g/mol. The predicted molar refractivity (Wildman–Crippen MR) is 177 cm³/mol. The van der Waals surface area contributed by atoms with Crippen LogP contribution >= 0.6 is 22.6 Å². The van der Waals surface area contributed by atoms with Gasteiger partial charge in [0.15, 0.2) is 0 Å². The van der Waals surface area contributed by atoms with Crippen LogP contribution in [0.1, 0.15) is 80.6 Å². The molecule has 1 heterocycles. The fourth-order valence-corrected chi connectivity index (χ4v) is 11.3. The second kappa shape index (κ2) is 14.2. The topological polar surface area (TPSA) is 48.0 Å². The highest BCUT2D eigenvalue weighted by Crippen LogP contribution is 2.38. The summed E-state index contributed by atoms with van der Waals surface area (Å²) >= 11 is 2.44. The van der Waals surface area contributed by atoms with Gasteiger partial charge in [0.1, 0.15) is 5.60 Å². The lowest BCUT2D eigenvalue weighted by molar-refractivity contribution is -0.0686. The maximum Gasteiger partial charge on any atom is 0.410 e. The van der Waals surface area contributed by atoms with Crippen LogP contribution in [0.2, 0.25) is 5.04 Å². The molecule has 222 valence electrons. The van der Waals surface area contributed by atoms with Crippen LogP contribution in [0.5, 0.6) is 0 Å². The fourth-order valence-electron chi connectivity index (χ4n) is 5.61. The van der Waals surface area contributed by atoms with E-state index in [4.69, 9.17) is 13.9 Å². The summed E-state index contributed by atoms with van der Waals surface area (Å²) in [6.45, 7) is 17.1. The summed E-state index contributed by atoms with van der Waals surface area (Å²) in [7, 11) is -2.53. The van der Waals surface area contributed by atoms with E-state index in [-0.39, 0.29) is 22.8 Å². The molecule has 0 unspecified atom stereocenters. The number of amides is 1. The third-order valence-electron chi connectivity index (χ3n) is 7.78. The van der Waals surface area contributed by atoms with Crippen molar-refractivity contribution < 1.29 is 18.7 Å². The number of rotatable bonds is 11. The van der Waals surface area contributed by atoms with E-state index >= 15 is 0 Å². The highest BCUT2D eigenvalue weighted by molar-refractivity contribution is 14.1. The molecule has 0 saturated carbocycles. The van der Waals surface area contributed by atoms with Crippen LogP contribution in [-0.2, 0) is 13.9 Å². The SMILES string of the molecule is C[C@H](CCCCOC1(CI)CCN(C(=O)OC(C)(C)C)CC1)O[Si](c1ccccc1)(c1ccccc1)C(C)(C)C. The molecule has 40 heavy (non-hydrogen) atoms. The molecule has 7 heteroatoms. The summed E-state index contributed by atoms with van der Waals surface area (Å²) in [6.07, 6.45) is 4.68. The lowest BCUT2D eigenvalue weighted by Gasteiger charge is -2.44. The lowest BCUT2D eigenvalue weighted by Crippen LogP contribution is -2.67. The lowest BCUT2D eigenvalue weighted by atomic mass is 9.93. The molecule has 3 rings (SSSR count). The Morgan fingerprint density at radius 1 is 0.925 bits per heavy atom. The van der Waals surface area contributed by atoms with Crippen LogP contribution in [0.25, 0.3) is 0 Å². The van der Waals surface area contributed by atoms with Crippen molar-refractivity contribution in [3.63, 3.8) is 0 Å². The first-order valence-electron chi connectivity index (χ1n) is 14.8. The van der Waals surface area contributed by atoms with Crippen molar-refractivity contribution in [2.75, 3.05) is 24.1 Å². The zero-order valence-electron chi connectivity index (χ0n) is 25.7. The van der Waals surface area contributed by atoms with Crippen LogP contribution < -0.4 is 10.4 Å². The zero-order valence-corrected chi connectivity index (χ0v) is 28.8. The Morgan fingerprint density at radius 3 is 1.90 bits per heavy atom. The van der Waals surface area contributed by atoms with E-state index in [2.05, 4.69) is 111 Å². The van der Waals surface area contributed by atoms with E-state index < -0.39 is 13.9 Å². The van der Waals surface area contributed by atoms with Crippen molar-refractivity contribution in [3.8, 4) is 0 Å². The Balaban J connectivity index is 1.56. The van der Waals surface area contributed by atoms with Gasteiger partial charge in [-0.15, -0.1) is 0 Å². The number of nitrogens with zero attached hydrogens (tertiary/aromatic N) is 1. The van der Waals surface area contributed by atoms with Gasteiger partial charge in [0.05, 0.1) is 5.60 Å². The number of unbranched alkanes of at least 4 members (excludes halogenated alkanes) is 1. The van der Waals surface area contributed by atoms with Gasteiger partial charge in [0.2, 0.25) is 0 Å². The van der Waals surface area contributed by atoms with E-state index in [1.807, 2.05) is 25.7 Å². The monoisotopic (exact) mass is 679 g/mol. The Morgan fingerprint density at radius 2 is 1.45 bits per heavy atom. The average Bonchev–Trinajstić information content (AvgIpc) is 2.91. The van der Waals surface area contributed by atoms with Gasteiger partial charge in [-0.05, 0) is 75.2 Å². The number of hydrogen-bond acceptors (Lipinski definition) is 4. The Bertz CT molecular complexity index is 1000. The molecule has 1 atom stereocenters. The molecule has 2 aromatic carbocycles. The first-order chi connectivity index (χ1) is 18.8. The van der Waals surface area contributed by atoms with Crippen molar-refractivity contribution in [3.05, 3.63) is 60.7 Å². The minimum absolute atomic E-state index is 0.0199. The predicted octanol–water partition coefficient (Wildman–Crippen LogP) is 7.34. The van der Waals surface area contributed by atoms with Gasteiger partial charge in [0, 0.05) is 30.2 Å². The number of alkyl halides is 1. The summed E-state index contributed by atoms with van der Waals surface area (Å²) in [4.78, 5) is 14.3. The number of benzene rings is 2. The largest absolute Gasteiger partial charge is 0.444 e. The van der Waals surface area contributed by atoms with Crippen LogP contribution in [0, 0.1) is 0 Å². The van der Waals surface area contributed by atoms with Crippen molar-refractivity contribution in [1.82, 2.24) is 4.90 Å².